The van der Waals surface area contributed by atoms with Gasteiger partial charge in [0.1, 0.15) is 5.75 Å². The van der Waals surface area contributed by atoms with E-state index in [1.54, 1.807) is 7.11 Å². The average molecular weight is 341 g/mol. The van der Waals surface area contributed by atoms with E-state index in [-0.39, 0.29) is 24.1 Å². The van der Waals surface area contributed by atoms with Gasteiger partial charge in [0.25, 0.3) is 0 Å². The molecule has 0 saturated heterocycles. The lowest BCUT2D eigenvalue weighted by Crippen LogP contribution is -2.36. The predicted molar refractivity (Wildman–Crippen MR) is 95.2 cm³/mol. The van der Waals surface area contributed by atoms with Crippen LogP contribution in [0.15, 0.2) is 12.1 Å². The van der Waals surface area contributed by atoms with E-state index in [1.165, 1.54) is 5.56 Å². The lowest BCUT2D eigenvalue weighted by molar-refractivity contribution is 0.224. The molecule has 5 heteroatoms. The smallest absolute Gasteiger partial charge is 0.168 e. The van der Waals surface area contributed by atoms with Crippen molar-refractivity contribution < 1.29 is 20.1 Å². The minimum atomic E-state index is -0.213. The average Bonchev–Trinajstić information content (AvgIpc) is 2.59. The number of methoxy groups -OCH3 is 1. The van der Waals surface area contributed by atoms with Crippen molar-refractivity contribution in [2.24, 2.45) is 0 Å². The van der Waals surface area contributed by atoms with Crippen LogP contribution in [0.25, 0.3) is 11.1 Å². The first kappa shape index (κ1) is 16.2. The fourth-order valence-corrected chi connectivity index (χ4v) is 4.45. The van der Waals surface area contributed by atoms with Crippen LogP contribution in [-0.2, 0) is 19.4 Å². The number of phenolic OH excluding ortho intramolecular Hbond substituents is 1. The summed E-state index contributed by atoms with van der Waals surface area (Å²) < 4.78 is 5.56. The Labute approximate surface area is 147 Å². The highest BCUT2D eigenvalue weighted by Crippen LogP contribution is 2.53. The zero-order valence-electron chi connectivity index (χ0n) is 14.8. The topological polar surface area (TPSA) is 73.2 Å². The molecule has 0 fully saturated rings. The van der Waals surface area contributed by atoms with Gasteiger partial charge in [-0.25, -0.2) is 0 Å². The number of nitrogens with zero attached hydrogens (tertiary/aromatic N) is 1. The highest BCUT2D eigenvalue weighted by Gasteiger charge is 2.37. The van der Waals surface area contributed by atoms with Crippen molar-refractivity contribution in [3.05, 3.63) is 39.9 Å². The number of rotatable bonds is 2. The molecule has 1 aliphatic carbocycles. The molecule has 5 nitrogen and oxygen atoms in total. The predicted octanol–water partition coefficient (Wildman–Crippen LogP) is 2.66. The van der Waals surface area contributed by atoms with Gasteiger partial charge in [-0.1, -0.05) is 0 Å². The molecule has 2 aromatic carbocycles. The second-order valence-electron chi connectivity index (χ2n) is 7.03. The van der Waals surface area contributed by atoms with E-state index < -0.39 is 0 Å². The van der Waals surface area contributed by atoms with E-state index in [0.29, 0.717) is 16.9 Å². The van der Waals surface area contributed by atoms with Crippen LogP contribution in [0.1, 0.15) is 33.9 Å². The number of hydrogen-bond acceptors (Lipinski definition) is 5. The van der Waals surface area contributed by atoms with Crippen molar-refractivity contribution in [1.82, 2.24) is 4.90 Å². The minimum Gasteiger partial charge on any atom is -0.507 e. The van der Waals surface area contributed by atoms with Crippen molar-refractivity contribution in [3.8, 4) is 28.4 Å². The normalized spacial score (nSPS) is 18.6. The number of aliphatic hydroxyl groups excluding tert-OH is 1. The first-order chi connectivity index (χ1) is 12.0. The summed E-state index contributed by atoms with van der Waals surface area (Å²) in [6.45, 7) is 2.52. The lowest BCUT2D eigenvalue weighted by atomic mass is 9.74. The van der Waals surface area contributed by atoms with E-state index in [1.807, 2.05) is 19.1 Å². The largest absolute Gasteiger partial charge is 0.507 e. The van der Waals surface area contributed by atoms with Gasteiger partial charge in [-0.15, -0.1) is 0 Å². The number of aliphatic hydroxyl groups is 1. The van der Waals surface area contributed by atoms with E-state index >= 15 is 0 Å². The Balaban J connectivity index is 2.13. The zero-order valence-corrected chi connectivity index (χ0v) is 14.8. The molecule has 4 rings (SSSR count). The molecule has 132 valence electrons. The highest BCUT2D eigenvalue weighted by atomic mass is 16.5. The first-order valence-corrected chi connectivity index (χ1v) is 8.56. The van der Waals surface area contributed by atoms with Crippen LogP contribution in [0.2, 0.25) is 0 Å². The van der Waals surface area contributed by atoms with E-state index in [4.69, 9.17) is 4.74 Å². The third kappa shape index (κ3) is 2.16. The molecule has 1 heterocycles. The number of fused-ring (bicyclic) bond motifs is 2. The maximum absolute atomic E-state index is 10.5. The van der Waals surface area contributed by atoms with E-state index in [0.717, 1.165) is 41.6 Å². The quantitative estimate of drug-likeness (QED) is 0.783. The maximum Gasteiger partial charge on any atom is 0.168 e. The molecule has 1 aliphatic heterocycles. The monoisotopic (exact) mass is 341 g/mol. The summed E-state index contributed by atoms with van der Waals surface area (Å²) in [7, 11) is 3.66. The summed E-state index contributed by atoms with van der Waals surface area (Å²) in [5.41, 5.74) is 6.41. The van der Waals surface area contributed by atoms with Gasteiger partial charge in [0.15, 0.2) is 11.5 Å². The number of aromatic hydroxyl groups is 2. The van der Waals surface area contributed by atoms with Crippen molar-refractivity contribution in [1.29, 1.82) is 0 Å². The number of benzene rings is 2. The first-order valence-electron chi connectivity index (χ1n) is 8.56. The summed E-state index contributed by atoms with van der Waals surface area (Å²) in [6, 6.07) is 3.91. The Morgan fingerprint density at radius 1 is 1.28 bits per heavy atom. The Bertz CT molecular complexity index is 875. The van der Waals surface area contributed by atoms with Gasteiger partial charge >= 0.3 is 0 Å². The summed E-state index contributed by atoms with van der Waals surface area (Å²) in [4.78, 5) is 2.29. The van der Waals surface area contributed by atoms with Crippen LogP contribution in [0.4, 0.5) is 0 Å². The Morgan fingerprint density at radius 3 is 2.72 bits per heavy atom. The van der Waals surface area contributed by atoms with Crippen LogP contribution in [0.5, 0.6) is 17.2 Å². The number of hydrogen-bond donors (Lipinski definition) is 3. The molecule has 3 N–H and O–H groups in total. The van der Waals surface area contributed by atoms with E-state index in [2.05, 4.69) is 11.9 Å². The second kappa shape index (κ2) is 5.64. The van der Waals surface area contributed by atoms with Crippen LogP contribution < -0.4 is 4.74 Å². The molecule has 1 unspecified atom stereocenters. The summed E-state index contributed by atoms with van der Waals surface area (Å²) in [6.07, 6.45) is 1.61. The molecule has 2 aromatic rings. The molecule has 0 aromatic heterocycles. The highest BCUT2D eigenvalue weighted by molar-refractivity contribution is 5.85. The zero-order chi connectivity index (χ0) is 17.9. The van der Waals surface area contributed by atoms with Gasteiger partial charge in [0.2, 0.25) is 0 Å². The summed E-state index contributed by atoms with van der Waals surface area (Å²) in [5, 5.41) is 30.8. The number of ether oxygens (including phenoxy) is 1. The summed E-state index contributed by atoms with van der Waals surface area (Å²) >= 11 is 0. The van der Waals surface area contributed by atoms with Gasteiger partial charge in [0, 0.05) is 23.7 Å². The molecule has 0 radical (unpaired) electrons. The maximum atomic E-state index is 10.5. The molecule has 1 atom stereocenters. The minimum absolute atomic E-state index is 0.142. The third-order valence-electron chi connectivity index (χ3n) is 5.72. The molecule has 2 aliphatic rings. The van der Waals surface area contributed by atoms with Gasteiger partial charge < -0.3 is 20.1 Å². The van der Waals surface area contributed by atoms with Crippen molar-refractivity contribution >= 4 is 0 Å². The molecule has 0 spiro atoms. The SMILES string of the molecule is COc1c(O)cc2c3c1-c1cc(C)c(O)c(CO)c1CC3N(C)CC2. The lowest BCUT2D eigenvalue weighted by Gasteiger charge is -2.41. The fourth-order valence-electron chi connectivity index (χ4n) is 4.45. The Kier molecular flexibility index (Phi) is 3.67. The number of likely N-dealkylation sites (N-methyl/N-ethyl adjacent to an activating group) is 1. The van der Waals surface area contributed by atoms with E-state index in [9.17, 15) is 15.3 Å². The summed E-state index contributed by atoms with van der Waals surface area (Å²) in [5.74, 6) is 0.764. The van der Waals surface area contributed by atoms with Gasteiger partial charge in [-0.3, -0.25) is 4.90 Å². The number of aryl methyl sites for hydroxylation is 1. The van der Waals surface area contributed by atoms with Crippen molar-refractivity contribution in [2.45, 2.75) is 32.4 Å². The van der Waals surface area contributed by atoms with Gasteiger partial charge in [0.05, 0.1) is 13.7 Å². The van der Waals surface area contributed by atoms with Crippen molar-refractivity contribution in [2.75, 3.05) is 20.7 Å². The van der Waals surface area contributed by atoms with Crippen LogP contribution >= 0.6 is 0 Å². The van der Waals surface area contributed by atoms with Crippen LogP contribution in [0, 0.1) is 6.92 Å². The van der Waals surface area contributed by atoms with Crippen LogP contribution in [-0.4, -0.2) is 40.9 Å². The van der Waals surface area contributed by atoms with Gasteiger partial charge in [-0.2, -0.15) is 0 Å². The molecule has 0 amide bonds. The molecular weight excluding hydrogens is 318 g/mol. The molecular formula is C20H23NO4. The number of phenols is 2. The molecule has 25 heavy (non-hydrogen) atoms. The van der Waals surface area contributed by atoms with Crippen molar-refractivity contribution in [3.63, 3.8) is 0 Å². The second-order valence-corrected chi connectivity index (χ2v) is 7.03. The third-order valence-corrected chi connectivity index (χ3v) is 5.72. The molecule has 0 bridgehead atoms. The van der Waals surface area contributed by atoms with Crippen LogP contribution in [0.3, 0.4) is 0 Å². The Hall–Kier alpha value is -2.24. The standard InChI is InChI=1S/C20H23NO4/c1-10-6-13-12(14(9-22)19(10)24)8-15-17-11(4-5-21(15)2)7-16(23)20(25-3)18(13)17/h6-7,15,22-24H,4-5,8-9H2,1-3H3. The fraction of sp³-hybridized carbons (Fsp3) is 0.400. The van der Waals surface area contributed by atoms with Gasteiger partial charge in [-0.05, 0) is 66.8 Å². The molecule has 0 saturated carbocycles. The Morgan fingerprint density at radius 2 is 2.04 bits per heavy atom.